The van der Waals surface area contributed by atoms with Crippen molar-refractivity contribution in [1.82, 2.24) is 10.3 Å². The van der Waals surface area contributed by atoms with E-state index in [1.54, 1.807) is 11.8 Å². The third-order valence-corrected chi connectivity index (χ3v) is 4.39. The Morgan fingerprint density at radius 3 is 2.78 bits per heavy atom. The molecule has 0 aliphatic heterocycles. The molecule has 0 saturated heterocycles. The number of nitrogens with one attached hydrogen (secondary N) is 1. The minimum absolute atomic E-state index is 0.186. The second kappa shape index (κ2) is 6.75. The van der Waals surface area contributed by atoms with E-state index in [-0.39, 0.29) is 12.3 Å². The zero-order valence-corrected chi connectivity index (χ0v) is 12.2. The maximum Gasteiger partial charge on any atom is 0.325 e. The number of carbonyl (C=O) groups excluding carboxylic acids is 1. The van der Waals surface area contributed by atoms with Crippen molar-refractivity contribution in [3.05, 3.63) is 10.6 Å². The van der Waals surface area contributed by atoms with Crippen LogP contribution < -0.4 is 5.32 Å². The van der Waals surface area contributed by atoms with Crippen molar-refractivity contribution < 1.29 is 14.7 Å². The second-order valence-electron chi connectivity index (χ2n) is 3.73. The zero-order valence-electron chi connectivity index (χ0n) is 10.5. The summed E-state index contributed by atoms with van der Waals surface area (Å²) in [4.78, 5) is 27.5. The van der Waals surface area contributed by atoms with Gasteiger partial charge in [0.15, 0.2) is 0 Å². The number of carboxylic acids is 1. The Bertz CT molecular complexity index is 445. The van der Waals surface area contributed by atoms with Crippen molar-refractivity contribution in [2.24, 2.45) is 0 Å². The fraction of sp³-hybridized carbons (Fsp3) is 0.545. The summed E-state index contributed by atoms with van der Waals surface area (Å²) in [5.41, 5.74) is 0.842. The number of thiazole rings is 1. The molecule has 18 heavy (non-hydrogen) atoms. The first kappa shape index (κ1) is 15.0. The lowest BCUT2D eigenvalue weighted by Crippen LogP contribution is -2.39. The van der Waals surface area contributed by atoms with E-state index in [2.05, 4.69) is 10.3 Å². The first-order chi connectivity index (χ1) is 8.43. The van der Waals surface area contributed by atoms with E-state index in [1.165, 1.54) is 18.3 Å². The van der Waals surface area contributed by atoms with Crippen LogP contribution in [0, 0.1) is 6.92 Å². The molecule has 100 valence electrons. The van der Waals surface area contributed by atoms with Crippen LogP contribution in [0.2, 0.25) is 0 Å². The van der Waals surface area contributed by atoms with Gasteiger partial charge in [0.05, 0.1) is 12.1 Å². The smallest absolute Gasteiger partial charge is 0.325 e. The van der Waals surface area contributed by atoms with Crippen LogP contribution in [0.15, 0.2) is 4.34 Å². The summed E-state index contributed by atoms with van der Waals surface area (Å²) in [5.74, 6) is -0.384. The number of nitrogens with zero attached hydrogens (tertiary/aromatic N) is 1. The predicted molar refractivity (Wildman–Crippen MR) is 72.2 cm³/mol. The molecule has 0 radical (unpaired) electrons. The van der Waals surface area contributed by atoms with Gasteiger partial charge >= 0.3 is 5.97 Å². The molecule has 1 aromatic heterocycles. The fourth-order valence-corrected chi connectivity index (χ4v) is 3.38. The van der Waals surface area contributed by atoms with Crippen LogP contribution in [0.1, 0.15) is 24.4 Å². The van der Waals surface area contributed by atoms with E-state index >= 15 is 0 Å². The van der Waals surface area contributed by atoms with E-state index in [0.717, 1.165) is 20.7 Å². The highest BCUT2D eigenvalue weighted by molar-refractivity contribution is 8.01. The quantitative estimate of drug-likeness (QED) is 0.779. The number of amides is 1. The Hall–Kier alpha value is -1.08. The molecule has 0 fully saturated rings. The number of thioether (sulfide) groups is 1. The van der Waals surface area contributed by atoms with Gasteiger partial charge in [-0.2, -0.15) is 0 Å². The van der Waals surface area contributed by atoms with Crippen LogP contribution in [0.3, 0.4) is 0 Å². The van der Waals surface area contributed by atoms with Gasteiger partial charge in [-0.15, -0.1) is 11.3 Å². The van der Waals surface area contributed by atoms with Gasteiger partial charge < -0.3 is 10.4 Å². The molecular formula is C11H16N2O3S2. The van der Waals surface area contributed by atoms with Crippen LogP contribution in [0.25, 0.3) is 0 Å². The monoisotopic (exact) mass is 288 g/mol. The average molecular weight is 288 g/mol. The van der Waals surface area contributed by atoms with E-state index in [1.807, 2.05) is 13.8 Å². The molecule has 5 nitrogen and oxygen atoms in total. The minimum atomic E-state index is -1.04. The van der Waals surface area contributed by atoms with Crippen molar-refractivity contribution in [2.45, 2.75) is 37.6 Å². The lowest BCUT2D eigenvalue weighted by molar-refractivity contribution is -0.141. The summed E-state index contributed by atoms with van der Waals surface area (Å²) in [5, 5.41) is 11.1. The fourth-order valence-electron chi connectivity index (χ4n) is 1.25. The molecule has 1 heterocycles. The maximum absolute atomic E-state index is 11.6. The maximum atomic E-state index is 11.6. The highest BCUT2D eigenvalue weighted by atomic mass is 32.2. The third-order valence-electron chi connectivity index (χ3n) is 2.21. The highest BCUT2D eigenvalue weighted by Crippen LogP contribution is 2.27. The Morgan fingerprint density at radius 2 is 2.22 bits per heavy atom. The topological polar surface area (TPSA) is 79.3 Å². The molecule has 0 aliphatic rings. The molecule has 1 amide bonds. The van der Waals surface area contributed by atoms with Gasteiger partial charge in [0.2, 0.25) is 5.91 Å². The largest absolute Gasteiger partial charge is 0.480 e. The molecule has 2 N–H and O–H groups in total. The summed E-state index contributed by atoms with van der Waals surface area (Å²) in [7, 11) is 0. The normalized spacial score (nSPS) is 12.2. The lowest BCUT2D eigenvalue weighted by Gasteiger charge is -2.08. The van der Waals surface area contributed by atoms with Crippen molar-refractivity contribution in [2.75, 3.05) is 5.75 Å². The molecule has 1 unspecified atom stereocenters. The van der Waals surface area contributed by atoms with Crippen LogP contribution in [-0.4, -0.2) is 33.8 Å². The van der Waals surface area contributed by atoms with Crippen molar-refractivity contribution >= 4 is 35.0 Å². The second-order valence-corrected chi connectivity index (χ2v) is 6.32. The Balaban J connectivity index is 2.61. The van der Waals surface area contributed by atoms with Gasteiger partial charge in [-0.05, 0) is 19.6 Å². The number of carboxylic acid groups (broad SMARTS) is 1. The lowest BCUT2D eigenvalue weighted by atomic mass is 10.2. The first-order valence-electron chi connectivity index (χ1n) is 5.55. The molecule has 0 saturated carbocycles. The number of rotatable bonds is 6. The highest BCUT2D eigenvalue weighted by Gasteiger charge is 2.16. The number of aromatic nitrogens is 1. The van der Waals surface area contributed by atoms with Crippen LogP contribution in [0.4, 0.5) is 0 Å². The third kappa shape index (κ3) is 4.30. The molecule has 1 atom stereocenters. The van der Waals surface area contributed by atoms with Crippen molar-refractivity contribution in [1.29, 1.82) is 0 Å². The summed E-state index contributed by atoms with van der Waals surface area (Å²) in [6.07, 6.45) is 0.186. The number of hydrogen-bond acceptors (Lipinski definition) is 5. The summed E-state index contributed by atoms with van der Waals surface area (Å²) in [6.45, 7) is 5.35. The van der Waals surface area contributed by atoms with Gasteiger partial charge in [0, 0.05) is 4.88 Å². The van der Waals surface area contributed by atoms with E-state index in [9.17, 15) is 9.59 Å². The first-order valence-corrected chi connectivity index (χ1v) is 7.35. The Morgan fingerprint density at radius 1 is 1.56 bits per heavy atom. The van der Waals surface area contributed by atoms with E-state index in [0.29, 0.717) is 0 Å². The van der Waals surface area contributed by atoms with Crippen LogP contribution >= 0.6 is 23.1 Å². The number of aliphatic carboxylic acids is 1. The number of aryl methyl sites for hydroxylation is 1. The molecular weight excluding hydrogens is 272 g/mol. The molecule has 0 spiro atoms. The molecule has 0 aliphatic carbocycles. The summed E-state index contributed by atoms with van der Waals surface area (Å²) < 4.78 is 0.948. The van der Waals surface area contributed by atoms with Crippen molar-refractivity contribution in [3.8, 4) is 0 Å². The average Bonchev–Trinajstić information content (AvgIpc) is 2.59. The Labute approximate surface area is 114 Å². The van der Waals surface area contributed by atoms with Gasteiger partial charge in [0.25, 0.3) is 0 Å². The van der Waals surface area contributed by atoms with Crippen LogP contribution in [-0.2, 0) is 16.0 Å². The molecule has 0 bridgehead atoms. The molecule has 7 heteroatoms. The van der Waals surface area contributed by atoms with Gasteiger partial charge in [0.1, 0.15) is 10.4 Å². The minimum Gasteiger partial charge on any atom is -0.480 e. The molecule has 1 aromatic rings. The van der Waals surface area contributed by atoms with E-state index < -0.39 is 12.0 Å². The van der Waals surface area contributed by atoms with Crippen LogP contribution in [0.5, 0.6) is 0 Å². The van der Waals surface area contributed by atoms with Gasteiger partial charge in [-0.25, -0.2) is 4.98 Å². The standard InChI is InChI=1S/C11H16N2O3S2/c1-4-17-11-13-6(2)8(18-11)5-9(14)12-7(3)10(15)16/h7H,4-5H2,1-3H3,(H,12,14)(H,15,16). The molecule has 1 rings (SSSR count). The van der Waals surface area contributed by atoms with Crippen molar-refractivity contribution in [3.63, 3.8) is 0 Å². The molecule has 0 aromatic carbocycles. The van der Waals surface area contributed by atoms with Gasteiger partial charge in [-0.3, -0.25) is 9.59 Å². The predicted octanol–water partition coefficient (Wildman–Crippen LogP) is 1.70. The van der Waals surface area contributed by atoms with Gasteiger partial charge in [-0.1, -0.05) is 18.7 Å². The summed E-state index contributed by atoms with van der Waals surface area (Å²) >= 11 is 3.13. The number of carbonyl (C=O) groups is 2. The Kier molecular flexibility index (Phi) is 5.61. The summed E-state index contributed by atoms with van der Waals surface area (Å²) in [6, 6.07) is -0.866. The van der Waals surface area contributed by atoms with E-state index in [4.69, 9.17) is 5.11 Å². The SMILES string of the molecule is CCSc1nc(C)c(CC(=O)NC(C)C(=O)O)s1. The number of hydrogen-bond donors (Lipinski definition) is 2. The zero-order chi connectivity index (χ0) is 13.7.